The smallest absolute Gasteiger partial charge is 0.123 e. The van der Waals surface area contributed by atoms with Crippen LogP contribution in [-0.4, -0.2) is 11.5 Å². The molecular weight excluding hydrogens is 267 g/mol. The summed E-state index contributed by atoms with van der Waals surface area (Å²) in [4.78, 5) is 6.86. The van der Waals surface area contributed by atoms with Gasteiger partial charge in [0.2, 0.25) is 0 Å². The van der Waals surface area contributed by atoms with Crippen LogP contribution in [0.5, 0.6) is 0 Å². The number of rotatable bonds is 5. The number of nitrogens with zero attached hydrogens (tertiary/aromatic N) is 1. The highest BCUT2D eigenvalue weighted by atomic mass is 32.2. The summed E-state index contributed by atoms with van der Waals surface area (Å²) in [6.45, 7) is 2.68. The molecule has 5 heteroatoms. The lowest BCUT2D eigenvalue weighted by Crippen LogP contribution is -2.01. The van der Waals surface area contributed by atoms with Crippen LogP contribution in [0.4, 0.5) is 4.39 Å². The van der Waals surface area contributed by atoms with Crippen LogP contribution < -0.4 is 5.73 Å². The lowest BCUT2D eigenvalue weighted by Gasteiger charge is -1.98. The quantitative estimate of drug-likeness (QED) is 0.854. The predicted octanol–water partition coefficient (Wildman–Crippen LogP) is 3.38. The molecule has 0 aliphatic carbocycles. The number of benzene rings is 1. The molecular formula is C13H15FN2S2. The summed E-state index contributed by atoms with van der Waals surface area (Å²) in [5.41, 5.74) is 6.64. The molecule has 1 heterocycles. The van der Waals surface area contributed by atoms with Gasteiger partial charge in [-0.05, 0) is 44.2 Å². The third-order valence-corrected chi connectivity index (χ3v) is 4.91. The molecule has 18 heavy (non-hydrogen) atoms. The van der Waals surface area contributed by atoms with E-state index in [2.05, 4.69) is 4.98 Å². The van der Waals surface area contributed by atoms with Gasteiger partial charge in [-0.2, -0.15) is 0 Å². The second-order valence-electron chi connectivity index (χ2n) is 3.90. The van der Waals surface area contributed by atoms with Crippen LogP contribution in [-0.2, 0) is 12.2 Å². The number of aromatic nitrogens is 1. The van der Waals surface area contributed by atoms with Gasteiger partial charge < -0.3 is 5.73 Å². The summed E-state index contributed by atoms with van der Waals surface area (Å²) >= 11 is 3.39. The lowest BCUT2D eigenvalue weighted by molar-refractivity contribution is 0.626. The third-order valence-electron chi connectivity index (χ3n) is 2.48. The highest BCUT2D eigenvalue weighted by Crippen LogP contribution is 2.27. The first kappa shape index (κ1) is 13.5. The zero-order valence-electron chi connectivity index (χ0n) is 10.1. The van der Waals surface area contributed by atoms with Crippen molar-refractivity contribution >= 4 is 23.1 Å². The van der Waals surface area contributed by atoms with E-state index >= 15 is 0 Å². The first-order chi connectivity index (χ1) is 8.69. The lowest BCUT2D eigenvalue weighted by atomic mass is 10.3. The first-order valence-electron chi connectivity index (χ1n) is 5.72. The minimum atomic E-state index is -0.199. The van der Waals surface area contributed by atoms with Gasteiger partial charge in [-0.25, -0.2) is 9.37 Å². The molecule has 0 saturated carbocycles. The maximum absolute atomic E-state index is 12.8. The maximum atomic E-state index is 12.8. The summed E-state index contributed by atoms with van der Waals surface area (Å²) in [6, 6.07) is 6.55. The van der Waals surface area contributed by atoms with Crippen molar-refractivity contribution in [3.8, 4) is 0 Å². The highest BCUT2D eigenvalue weighted by Gasteiger charge is 2.07. The van der Waals surface area contributed by atoms with Crippen molar-refractivity contribution in [2.75, 3.05) is 6.54 Å². The molecule has 2 rings (SSSR count). The van der Waals surface area contributed by atoms with E-state index in [1.807, 2.05) is 6.92 Å². The fourth-order valence-corrected chi connectivity index (χ4v) is 3.56. The van der Waals surface area contributed by atoms with E-state index in [1.165, 1.54) is 17.0 Å². The Balaban J connectivity index is 1.97. The number of thioether (sulfide) groups is 1. The molecule has 2 nitrogen and oxygen atoms in total. The molecule has 96 valence electrons. The van der Waals surface area contributed by atoms with E-state index in [9.17, 15) is 4.39 Å². The summed E-state index contributed by atoms with van der Waals surface area (Å²) < 4.78 is 12.8. The standard InChI is InChI=1S/C13H15FN2S2/c1-9-12(6-7-15)18-13(16-9)8-17-11-4-2-10(14)3-5-11/h2-5H,6-8,15H2,1H3. The number of thiazole rings is 1. The van der Waals surface area contributed by atoms with Crippen molar-refractivity contribution in [2.45, 2.75) is 24.0 Å². The molecule has 0 aliphatic heterocycles. The minimum absolute atomic E-state index is 0.199. The first-order valence-corrected chi connectivity index (χ1v) is 7.53. The molecule has 0 spiro atoms. The van der Waals surface area contributed by atoms with Crippen molar-refractivity contribution < 1.29 is 4.39 Å². The number of halogens is 1. The van der Waals surface area contributed by atoms with Gasteiger partial charge in [-0.3, -0.25) is 0 Å². The molecule has 0 unspecified atom stereocenters. The number of hydrogen-bond acceptors (Lipinski definition) is 4. The normalized spacial score (nSPS) is 10.8. The number of nitrogens with two attached hydrogens (primary N) is 1. The molecule has 2 N–H and O–H groups in total. The average Bonchev–Trinajstić information content (AvgIpc) is 2.70. The van der Waals surface area contributed by atoms with Crippen LogP contribution in [0.2, 0.25) is 0 Å². The van der Waals surface area contributed by atoms with Crippen LogP contribution in [0, 0.1) is 12.7 Å². The SMILES string of the molecule is Cc1nc(CSc2ccc(F)cc2)sc1CCN. The predicted molar refractivity (Wildman–Crippen MR) is 75.6 cm³/mol. The van der Waals surface area contributed by atoms with E-state index in [0.29, 0.717) is 6.54 Å². The molecule has 0 amide bonds. The van der Waals surface area contributed by atoms with Gasteiger partial charge in [-0.15, -0.1) is 23.1 Å². The van der Waals surface area contributed by atoms with Gasteiger partial charge >= 0.3 is 0 Å². The van der Waals surface area contributed by atoms with Gasteiger partial charge in [0.05, 0.1) is 11.4 Å². The Morgan fingerprint density at radius 3 is 2.72 bits per heavy atom. The van der Waals surface area contributed by atoms with Crippen molar-refractivity contribution in [3.05, 3.63) is 45.7 Å². The van der Waals surface area contributed by atoms with E-state index in [4.69, 9.17) is 5.73 Å². The van der Waals surface area contributed by atoms with Crippen LogP contribution in [0.1, 0.15) is 15.6 Å². The Bertz CT molecular complexity index is 508. The highest BCUT2D eigenvalue weighted by molar-refractivity contribution is 7.98. The number of aryl methyl sites for hydroxylation is 1. The molecule has 0 saturated heterocycles. The zero-order chi connectivity index (χ0) is 13.0. The van der Waals surface area contributed by atoms with Crippen LogP contribution in [0.25, 0.3) is 0 Å². The Kier molecular flexibility index (Phi) is 4.74. The Morgan fingerprint density at radius 2 is 2.06 bits per heavy atom. The monoisotopic (exact) mass is 282 g/mol. The van der Waals surface area contributed by atoms with Gasteiger partial charge in [-0.1, -0.05) is 0 Å². The maximum Gasteiger partial charge on any atom is 0.123 e. The van der Waals surface area contributed by atoms with E-state index < -0.39 is 0 Å². The largest absolute Gasteiger partial charge is 0.330 e. The van der Waals surface area contributed by atoms with E-state index in [-0.39, 0.29) is 5.82 Å². The van der Waals surface area contributed by atoms with Gasteiger partial charge in [0, 0.05) is 9.77 Å². The average molecular weight is 282 g/mol. The van der Waals surface area contributed by atoms with Crippen LogP contribution in [0.3, 0.4) is 0 Å². The molecule has 1 aromatic carbocycles. The summed E-state index contributed by atoms with van der Waals surface area (Å²) in [5.74, 6) is 0.622. The Hall–Kier alpha value is -0.910. The second-order valence-corrected chi connectivity index (χ2v) is 6.11. The fourth-order valence-electron chi connectivity index (χ4n) is 1.59. The van der Waals surface area contributed by atoms with Crippen LogP contribution >= 0.6 is 23.1 Å². The summed E-state index contributed by atoms with van der Waals surface area (Å²) in [7, 11) is 0. The molecule has 0 atom stereocenters. The molecule has 0 bridgehead atoms. The summed E-state index contributed by atoms with van der Waals surface area (Å²) in [6.07, 6.45) is 0.894. The Labute approximate surface area is 114 Å². The molecule has 0 radical (unpaired) electrons. The second kappa shape index (κ2) is 6.31. The molecule has 0 aliphatic rings. The van der Waals surface area contributed by atoms with Crippen molar-refractivity contribution in [1.82, 2.24) is 4.98 Å². The minimum Gasteiger partial charge on any atom is -0.330 e. The van der Waals surface area contributed by atoms with Crippen molar-refractivity contribution in [3.63, 3.8) is 0 Å². The van der Waals surface area contributed by atoms with Crippen LogP contribution in [0.15, 0.2) is 29.2 Å². The zero-order valence-corrected chi connectivity index (χ0v) is 11.8. The molecule has 1 aromatic heterocycles. The van der Waals surface area contributed by atoms with E-state index in [1.54, 1.807) is 35.2 Å². The summed E-state index contributed by atoms with van der Waals surface area (Å²) in [5, 5.41) is 1.10. The van der Waals surface area contributed by atoms with Crippen molar-refractivity contribution in [1.29, 1.82) is 0 Å². The topological polar surface area (TPSA) is 38.9 Å². The third kappa shape index (κ3) is 3.54. The van der Waals surface area contributed by atoms with Crippen molar-refractivity contribution in [2.24, 2.45) is 5.73 Å². The van der Waals surface area contributed by atoms with Gasteiger partial charge in [0.15, 0.2) is 0 Å². The fraction of sp³-hybridized carbons (Fsp3) is 0.308. The van der Waals surface area contributed by atoms with Gasteiger partial charge in [0.25, 0.3) is 0 Å². The van der Waals surface area contributed by atoms with Gasteiger partial charge in [0.1, 0.15) is 10.8 Å². The van der Waals surface area contributed by atoms with E-state index in [0.717, 1.165) is 27.8 Å². The number of hydrogen-bond donors (Lipinski definition) is 1. The molecule has 0 fully saturated rings. The molecule has 2 aromatic rings. The Morgan fingerprint density at radius 1 is 1.33 bits per heavy atom.